The van der Waals surface area contributed by atoms with Gasteiger partial charge in [0, 0.05) is 6.54 Å². The minimum atomic E-state index is 0.316. The summed E-state index contributed by atoms with van der Waals surface area (Å²) in [5.74, 6) is 0.546. The van der Waals surface area contributed by atoms with E-state index in [4.69, 9.17) is 10.5 Å². The maximum atomic E-state index is 5.71. The normalized spacial score (nSPS) is 30.1. The highest BCUT2D eigenvalue weighted by atomic mass is 16.5. The van der Waals surface area contributed by atoms with Gasteiger partial charge in [-0.25, -0.2) is 0 Å². The number of ether oxygens (including phenoxy) is 1. The predicted octanol–water partition coefficient (Wildman–Crippen LogP) is 2.09. The van der Waals surface area contributed by atoms with Gasteiger partial charge in [0.1, 0.15) is 0 Å². The van der Waals surface area contributed by atoms with E-state index in [1.165, 1.54) is 12.0 Å². The molecule has 0 aromatic heterocycles. The van der Waals surface area contributed by atoms with Crippen molar-refractivity contribution >= 4 is 0 Å². The van der Waals surface area contributed by atoms with E-state index >= 15 is 0 Å². The summed E-state index contributed by atoms with van der Waals surface area (Å²) < 4.78 is 5.71. The van der Waals surface area contributed by atoms with E-state index in [0.717, 1.165) is 6.42 Å². The number of nitrogens with two attached hydrogens (primary N) is 1. The Morgan fingerprint density at radius 1 is 1.54 bits per heavy atom. The molecule has 76 valence electrons. The molecule has 1 heterocycles. The molecule has 0 amide bonds. The van der Waals surface area contributed by atoms with E-state index in [9.17, 15) is 0 Å². The lowest BCUT2D eigenvalue weighted by atomic mass is 10.0. The van der Waals surface area contributed by atoms with E-state index in [0.29, 0.717) is 24.7 Å². The summed E-state index contributed by atoms with van der Waals surface area (Å²) in [5, 5.41) is 0. The Bertz CT molecular complexity index is 187. The molecule has 1 saturated heterocycles. The fourth-order valence-electron chi connectivity index (χ4n) is 1.69. The summed E-state index contributed by atoms with van der Waals surface area (Å²) in [6.07, 6.45) is 5.28. The summed E-state index contributed by atoms with van der Waals surface area (Å²) in [7, 11) is 0. The molecule has 1 rings (SSSR count). The van der Waals surface area contributed by atoms with Gasteiger partial charge < -0.3 is 10.5 Å². The van der Waals surface area contributed by atoms with Crippen LogP contribution in [0.4, 0.5) is 0 Å². The highest BCUT2D eigenvalue weighted by molar-refractivity contribution is 5.10. The molecule has 2 N–H and O–H groups in total. The first-order valence-electron chi connectivity index (χ1n) is 5.19. The lowest BCUT2D eigenvalue weighted by Gasteiger charge is -2.12. The Kier molecular flexibility index (Phi) is 3.94. The maximum absolute atomic E-state index is 5.71. The van der Waals surface area contributed by atoms with E-state index < -0.39 is 0 Å². The molecular formula is C11H21NO. The van der Waals surface area contributed by atoms with Gasteiger partial charge in [0.15, 0.2) is 0 Å². The highest BCUT2D eigenvalue weighted by Gasteiger charge is 2.20. The number of rotatable bonds is 3. The third-order valence-electron chi connectivity index (χ3n) is 2.64. The third kappa shape index (κ3) is 3.12. The fraction of sp³-hybridized carbons (Fsp3) is 0.818. The van der Waals surface area contributed by atoms with Crippen molar-refractivity contribution < 1.29 is 4.74 Å². The number of hydrogen-bond donors (Lipinski definition) is 1. The van der Waals surface area contributed by atoms with Gasteiger partial charge in [-0.15, -0.1) is 0 Å². The summed E-state index contributed by atoms with van der Waals surface area (Å²) >= 11 is 0. The Balaban J connectivity index is 2.52. The van der Waals surface area contributed by atoms with Gasteiger partial charge in [0.05, 0.1) is 12.2 Å². The molecule has 0 aromatic carbocycles. The van der Waals surface area contributed by atoms with Crippen molar-refractivity contribution in [2.24, 2.45) is 11.7 Å². The highest BCUT2D eigenvalue weighted by Crippen LogP contribution is 2.22. The van der Waals surface area contributed by atoms with Crippen molar-refractivity contribution in [2.75, 3.05) is 6.54 Å². The molecule has 0 aliphatic carbocycles. The molecule has 13 heavy (non-hydrogen) atoms. The van der Waals surface area contributed by atoms with Crippen molar-refractivity contribution in [1.82, 2.24) is 0 Å². The first kappa shape index (κ1) is 10.7. The molecule has 0 radical (unpaired) electrons. The number of hydrogen-bond acceptors (Lipinski definition) is 2. The fourth-order valence-corrected chi connectivity index (χ4v) is 1.69. The molecule has 0 bridgehead atoms. The van der Waals surface area contributed by atoms with Gasteiger partial charge in [-0.3, -0.25) is 0 Å². The van der Waals surface area contributed by atoms with Gasteiger partial charge in [-0.1, -0.05) is 25.5 Å². The second-order valence-electron chi connectivity index (χ2n) is 4.16. The predicted molar refractivity (Wildman–Crippen MR) is 55.5 cm³/mol. The summed E-state index contributed by atoms with van der Waals surface area (Å²) in [6.45, 7) is 7.14. The largest absolute Gasteiger partial charge is 0.371 e. The van der Waals surface area contributed by atoms with Crippen molar-refractivity contribution in [3.63, 3.8) is 0 Å². The Morgan fingerprint density at radius 3 is 2.62 bits per heavy atom. The van der Waals surface area contributed by atoms with Crippen LogP contribution in [0.5, 0.6) is 0 Å². The third-order valence-corrected chi connectivity index (χ3v) is 2.64. The van der Waals surface area contributed by atoms with Crippen LogP contribution in [0.15, 0.2) is 11.6 Å². The minimum absolute atomic E-state index is 0.316. The lowest BCUT2D eigenvalue weighted by Crippen LogP contribution is -2.13. The average molecular weight is 183 g/mol. The molecular weight excluding hydrogens is 162 g/mol. The molecule has 0 spiro atoms. The van der Waals surface area contributed by atoms with Crippen LogP contribution in [0.3, 0.4) is 0 Å². The average Bonchev–Trinajstić information content (AvgIpc) is 2.46. The molecule has 0 saturated carbocycles. The zero-order chi connectivity index (χ0) is 9.84. The molecule has 2 unspecified atom stereocenters. The van der Waals surface area contributed by atoms with Crippen molar-refractivity contribution in [3.8, 4) is 0 Å². The Morgan fingerprint density at radius 2 is 2.23 bits per heavy atom. The lowest BCUT2D eigenvalue weighted by molar-refractivity contribution is 0.0826. The second kappa shape index (κ2) is 4.77. The molecule has 1 fully saturated rings. The van der Waals surface area contributed by atoms with E-state index in [-0.39, 0.29) is 0 Å². The molecule has 2 heteroatoms. The van der Waals surface area contributed by atoms with Crippen molar-refractivity contribution in [1.29, 1.82) is 0 Å². The van der Waals surface area contributed by atoms with Crippen LogP contribution >= 0.6 is 0 Å². The zero-order valence-corrected chi connectivity index (χ0v) is 8.92. The summed E-state index contributed by atoms with van der Waals surface area (Å²) in [5.41, 5.74) is 6.98. The van der Waals surface area contributed by atoms with Gasteiger partial charge in [-0.05, 0) is 25.7 Å². The molecule has 2 nitrogen and oxygen atoms in total. The Labute approximate surface area is 81.1 Å². The summed E-state index contributed by atoms with van der Waals surface area (Å²) in [6, 6.07) is 0. The van der Waals surface area contributed by atoms with Crippen molar-refractivity contribution in [2.45, 2.75) is 45.8 Å². The van der Waals surface area contributed by atoms with Crippen LogP contribution in [-0.2, 0) is 4.74 Å². The maximum Gasteiger partial charge on any atom is 0.0763 e. The van der Waals surface area contributed by atoms with Crippen LogP contribution in [0.2, 0.25) is 0 Å². The first-order valence-corrected chi connectivity index (χ1v) is 5.19. The van der Waals surface area contributed by atoms with Crippen LogP contribution in [0.1, 0.15) is 33.6 Å². The van der Waals surface area contributed by atoms with Crippen LogP contribution in [0.25, 0.3) is 0 Å². The van der Waals surface area contributed by atoms with Crippen LogP contribution < -0.4 is 5.73 Å². The van der Waals surface area contributed by atoms with E-state index in [2.05, 4.69) is 26.8 Å². The minimum Gasteiger partial charge on any atom is -0.371 e. The molecule has 0 aromatic rings. The molecule has 1 aliphatic heterocycles. The van der Waals surface area contributed by atoms with E-state index in [1.807, 2.05) is 0 Å². The quantitative estimate of drug-likeness (QED) is 0.680. The SMILES string of the molecule is CC1CCC(/C=C(\CN)C(C)C)O1. The van der Waals surface area contributed by atoms with Crippen LogP contribution in [0, 0.1) is 5.92 Å². The molecule has 2 atom stereocenters. The smallest absolute Gasteiger partial charge is 0.0763 e. The monoisotopic (exact) mass is 183 g/mol. The van der Waals surface area contributed by atoms with Crippen molar-refractivity contribution in [3.05, 3.63) is 11.6 Å². The second-order valence-corrected chi connectivity index (χ2v) is 4.16. The first-order chi connectivity index (χ1) is 6.13. The topological polar surface area (TPSA) is 35.2 Å². The van der Waals surface area contributed by atoms with Gasteiger partial charge in [-0.2, -0.15) is 0 Å². The Hall–Kier alpha value is -0.340. The van der Waals surface area contributed by atoms with Gasteiger partial charge >= 0.3 is 0 Å². The van der Waals surface area contributed by atoms with Crippen LogP contribution in [-0.4, -0.2) is 18.8 Å². The zero-order valence-electron chi connectivity index (χ0n) is 8.92. The standard InChI is InChI=1S/C11H21NO/c1-8(2)10(7-12)6-11-5-4-9(3)13-11/h6,8-9,11H,4-5,7,12H2,1-3H3/b10-6+. The van der Waals surface area contributed by atoms with Gasteiger partial charge in [0.25, 0.3) is 0 Å². The van der Waals surface area contributed by atoms with Gasteiger partial charge in [0.2, 0.25) is 0 Å². The molecule has 1 aliphatic rings. The van der Waals surface area contributed by atoms with E-state index in [1.54, 1.807) is 0 Å². The summed E-state index contributed by atoms with van der Waals surface area (Å²) in [4.78, 5) is 0.